The SMILES string of the molecule is C=C1C=CC(=N)C(NC(=O)CCNC(=O)CS)=C1. The van der Waals surface area contributed by atoms with Gasteiger partial charge in [-0.25, -0.2) is 0 Å². The summed E-state index contributed by atoms with van der Waals surface area (Å²) < 4.78 is 0. The maximum Gasteiger partial charge on any atom is 0.229 e. The molecular weight excluding hydrogens is 250 g/mol. The monoisotopic (exact) mass is 265 g/mol. The molecule has 1 rings (SSSR count). The molecule has 0 radical (unpaired) electrons. The molecule has 0 saturated heterocycles. The summed E-state index contributed by atoms with van der Waals surface area (Å²) in [5, 5.41) is 12.8. The van der Waals surface area contributed by atoms with Gasteiger partial charge in [-0.05, 0) is 17.7 Å². The fourth-order valence-corrected chi connectivity index (χ4v) is 1.39. The van der Waals surface area contributed by atoms with Crippen LogP contribution in [0.25, 0.3) is 0 Å². The number of carbonyl (C=O) groups excluding carboxylic acids is 2. The second-order valence-electron chi connectivity index (χ2n) is 3.69. The van der Waals surface area contributed by atoms with E-state index in [9.17, 15) is 9.59 Å². The molecule has 0 atom stereocenters. The lowest BCUT2D eigenvalue weighted by molar-refractivity contribution is -0.120. The lowest BCUT2D eigenvalue weighted by Gasteiger charge is -2.12. The highest BCUT2D eigenvalue weighted by molar-refractivity contribution is 7.81. The number of amides is 2. The van der Waals surface area contributed by atoms with Crippen molar-refractivity contribution in [3.63, 3.8) is 0 Å². The van der Waals surface area contributed by atoms with E-state index in [2.05, 4.69) is 29.8 Å². The summed E-state index contributed by atoms with van der Waals surface area (Å²) in [4.78, 5) is 22.5. The number of nitrogens with one attached hydrogen (secondary N) is 3. The number of hydrogen-bond acceptors (Lipinski definition) is 4. The highest BCUT2D eigenvalue weighted by atomic mass is 32.1. The maximum absolute atomic E-state index is 11.6. The summed E-state index contributed by atoms with van der Waals surface area (Å²) in [7, 11) is 0. The molecule has 6 heteroatoms. The fraction of sp³-hybridized carbons (Fsp3) is 0.250. The molecule has 1 aliphatic rings. The molecule has 0 saturated carbocycles. The Bertz CT molecular complexity index is 452. The van der Waals surface area contributed by atoms with Crippen LogP contribution in [-0.4, -0.2) is 29.8 Å². The van der Waals surface area contributed by atoms with Crippen molar-refractivity contribution in [3.05, 3.63) is 36.1 Å². The van der Waals surface area contributed by atoms with Gasteiger partial charge in [0, 0.05) is 13.0 Å². The predicted molar refractivity (Wildman–Crippen MR) is 73.7 cm³/mol. The molecule has 0 heterocycles. The first-order valence-corrected chi connectivity index (χ1v) is 6.01. The van der Waals surface area contributed by atoms with Crippen LogP contribution in [0.1, 0.15) is 6.42 Å². The fourth-order valence-electron chi connectivity index (χ4n) is 1.28. The van der Waals surface area contributed by atoms with Gasteiger partial charge in [-0.3, -0.25) is 15.0 Å². The van der Waals surface area contributed by atoms with Crippen LogP contribution in [0.15, 0.2) is 36.1 Å². The Morgan fingerprint density at radius 2 is 2.06 bits per heavy atom. The molecule has 0 spiro atoms. The molecule has 3 N–H and O–H groups in total. The topological polar surface area (TPSA) is 82.1 Å². The van der Waals surface area contributed by atoms with Gasteiger partial charge >= 0.3 is 0 Å². The molecule has 2 amide bonds. The van der Waals surface area contributed by atoms with Crippen LogP contribution in [0.3, 0.4) is 0 Å². The summed E-state index contributed by atoms with van der Waals surface area (Å²) in [6.45, 7) is 3.98. The Labute approximate surface area is 111 Å². The van der Waals surface area contributed by atoms with Gasteiger partial charge in [0.2, 0.25) is 11.8 Å². The molecule has 0 aromatic carbocycles. The van der Waals surface area contributed by atoms with Crippen molar-refractivity contribution in [1.29, 1.82) is 5.41 Å². The lowest BCUT2D eigenvalue weighted by Crippen LogP contribution is -2.32. The molecule has 0 bridgehead atoms. The lowest BCUT2D eigenvalue weighted by atomic mass is 10.1. The van der Waals surface area contributed by atoms with Crippen molar-refractivity contribution in [2.45, 2.75) is 6.42 Å². The standard InChI is InChI=1S/C12H15N3O2S/c1-8-2-3-9(13)10(6-8)15-11(16)4-5-14-12(17)7-18/h2-3,6,13,18H,1,4-5,7H2,(H,14,17)(H,15,16). The second kappa shape index (κ2) is 6.80. The van der Waals surface area contributed by atoms with E-state index in [4.69, 9.17) is 5.41 Å². The minimum Gasteiger partial charge on any atom is -0.355 e. The summed E-state index contributed by atoms with van der Waals surface area (Å²) in [6.07, 6.45) is 5.05. The van der Waals surface area contributed by atoms with Gasteiger partial charge in [0.05, 0.1) is 17.2 Å². The average Bonchev–Trinajstić information content (AvgIpc) is 2.33. The third-order valence-corrected chi connectivity index (χ3v) is 2.46. The van der Waals surface area contributed by atoms with Crippen LogP contribution >= 0.6 is 12.6 Å². The van der Waals surface area contributed by atoms with Crippen LogP contribution in [0.4, 0.5) is 0 Å². The maximum atomic E-state index is 11.6. The normalized spacial score (nSPS) is 14.2. The van der Waals surface area contributed by atoms with E-state index in [0.29, 0.717) is 5.70 Å². The van der Waals surface area contributed by atoms with Crippen molar-refractivity contribution in [3.8, 4) is 0 Å². The van der Waals surface area contributed by atoms with E-state index in [1.54, 1.807) is 18.2 Å². The summed E-state index contributed by atoms with van der Waals surface area (Å²) >= 11 is 3.80. The van der Waals surface area contributed by atoms with Crippen molar-refractivity contribution in [2.75, 3.05) is 12.3 Å². The van der Waals surface area contributed by atoms with Crippen LogP contribution in [-0.2, 0) is 9.59 Å². The smallest absolute Gasteiger partial charge is 0.229 e. The molecule has 0 unspecified atom stereocenters. The van der Waals surface area contributed by atoms with Gasteiger partial charge in [0.25, 0.3) is 0 Å². The number of thiol groups is 1. The Morgan fingerprint density at radius 1 is 1.33 bits per heavy atom. The quantitative estimate of drug-likeness (QED) is 0.548. The van der Waals surface area contributed by atoms with Crippen molar-refractivity contribution < 1.29 is 9.59 Å². The van der Waals surface area contributed by atoms with E-state index in [0.717, 1.165) is 5.57 Å². The van der Waals surface area contributed by atoms with E-state index in [-0.39, 0.29) is 36.2 Å². The Kier molecular flexibility index (Phi) is 5.38. The second-order valence-corrected chi connectivity index (χ2v) is 4.00. The van der Waals surface area contributed by atoms with Crippen LogP contribution < -0.4 is 10.6 Å². The average molecular weight is 265 g/mol. The molecule has 0 fully saturated rings. The van der Waals surface area contributed by atoms with Crippen molar-refractivity contribution in [1.82, 2.24) is 10.6 Å². The highest BCUT2D eigenvalue weighted by Gasteiger charge is 2.10. The van der Waals surface area contributed by atoms with E-state index in [1.165, 1.54) is 0 Å². The molecule has 1 aliphatic carbocycles. The van der Waals surface area contributed by atoms with Gasteiger partial charge in [-0.1, -0.05) is 12.7 Å². The first-order valence-electron chi connectivity index (χ1n) is 5.38. The van der Waals surface area contributed by atoms with Crippen LogP contribution in [0, 0.1) is 5.41 Å². The molecular formula is C12H15N3O2S. The largest absolute Gasteiger partial charge is 0.355 e. The summed E-state index contributed by atoms with van der Waals surface area (Å²) in [6, 6.07) is 0. The molecule has 5 nitrogen and oxygen atoms in total. The zero-order valence-corrected chi connectivity index (χ0v) is 10.7. The van der Waals surface area contributed by atoms with E-state index < -0.39 is 0 Å². The Morgan fingerprint density at radius 3 is 2.72 bits per heavy atom. The van der Waals surface area contributed by atoms with Gasteiger partial charge in [-0.2, -0.15) is 12.6 Å². The number of allylic oxidation sites excluding steroid dienone is 4. The van der Waals surface area contributed by atoms with Gasteiger partial charge < -0.3 is 10.6 Å². The zero-order valence-electron chi connectivity index (χ0n) is 9.82. The first-order chi connectivity index (χ1) is 8.52. The van der Waals surface area contributed by atoms with E-state index >= 15 is 0 Å². The number of carbonyl (C=O) groups is 2. The van der Waals surface area contributed by atoms with E-state index in [1.807, 2.05) is 0 Å². The zero-order chi connectivity index (χ0) is 13.5. The third kappa shape index (κ3) is 4.58. The van der Waals surface area contributed by atoms with Crippen molar-refractivity contribution >= 4 is 30.2 Å². The molecule has 0 aromatic heterocycles. The van der Waals surface area contributed by atoms with Crippen molar-refractivity contribution in [2.24, 2.45) is 0 Å². The minimum atomic E-state index is -0.256. The molecule has 18 heavy (non-hydrogen) atoms. The summed E-state index contributed by atoms with van der Waals surface area (Å²) in [5.41, 5.74) is 1.38. The van der Waals surface area contributed by atoms with Gasteiger partial charge in [0.1, 0.15) is 0 Å². The Balaban J connectivity index is 2.39. The Hall–Kier alpha value is -1.82. The van der Waals surface area contributed by atoms with Crippen LogP contribution in [0.2, 0.25) is 0 Å². The van der Waals surface area contributed by atoms with Crippen LogP contribution in [0.5, 0.6) is 0 Å². The number of hydrogen-bond donors (Lipinski definition) is 4. The predicted octanol–water partition coefficient (Wildman–Crippen LogP) is 0.568. The highest BCUT2D eigenvalue weighted by Crippen LogP contribution is 2.09. The third-order valence-electron chi connectivity index (χ3n) is 2.18. The number of rotatable bonds is 5. The molecule has 0 aliphatic heterocycles. The minimum absolute atomic E-state index is 0.0992. The first kappa shape index (κ1) is 14.2. The summed E-state index contributed by atoms with van der Waals surface area (Å²) in [5.74, 6) is -0.372. The van der Waals surface area contributed by atoms with Gasteiger partial charge in [0.15, 0.2) is 0 Å². The molecule has 0 aromatic rings. The molecule has 96 valence electrons. The van der Waals surface area contributed by atoms with Gasteiger partial charge in [-0.15, -0.1) is 0 Å².